The highest BCUT2D eigenvalue weighted by Crippen LogP contribution is 1.70. The van der Waals surface area contributed by atoms with Crippen molar-refractivity contribution >= 4 is 11.8 Å². The van der Waals surface area contributed by atoms with Crippen LogP contribution in [-0.4, -0.2) is 25.0 Å². The summed E-state index contributed by atoms with van der Waals surface area (Å²) >= 11 is 0. The molecule has 0 aromatic heterocycles. The van der Waals surface area contributed by atoms with Gasteiger partial charge in [0.1, 0.15) is 0 Å². The number of nitrogens with one attached hydrogen (secondary N) is 1. The lowest BCUT2D eigenvalue weighted by atomic mass is 10.6. The first-order chi connectivity index (χ1) is 5.13. The summed E-state index contributed by atoms with van der Waals surface area (Å²) in [5, 5.41) is 2.48. The fourth-order valence-corrected chi connectivity index (χ4v) is 0.409. The van der Waals surface area contributed by atoms with E-state index in [-0.39, 0.29) is 18.4 Å². The zero-order valence-electron chi connectivity index (χ0n) is 6.59. The van der Waals surface area contributed by atoms with Crippen LogP contribution in [0.15, 0.2) is 0 Å². The summed E-state index contributed by atoms with van der Waals surface area (Å²) in [7, 11) is 0. The van der Waals surface area contributed by atoms with Crippen LogP contribution < -0.4 is 10.8 Å². The van der Waals surface area contributed by atoms with Crippen LogP contribution in [0.1, 0.15) is 13.8 Å². The van der Waals surface area contributed by atoms with Gasteiger partial charge in [-0.1, -0.05) is 5.48 Å². The van der Waals surface area contributed by atoms with E-state index < -0.39 is 0 Å². The zero-order valence-corrected chi connectivity index (χ0v) is 6.59. The summed E-state index contributed by atoms with van der Waals surface area (Å²) in [6.45, 7) is 3.28. The number of hydrogen-bond acceptors (Lipinski definition) is 3. The Morgan fingerprint density at radius 1 is 1.45 bits per heavy atom. The van der Waals surface area contributed by atoms with Gasteiger partial charge >= 0.3 is 0 Å². The number of hydroxylamine groups is 1. The summed E-state index contributed by atoms with van der Waals surface area (Å²) in [6, 6.07) is 0. The maximum Gasteiger partial charge on any atom is 0.266 e. The molecule has 1 N–H and O–H groups in total. The van der Waals surface area contributed by atoms with Crippen molar-refractivity contribution in [3.8, 4) is 0 Å². The van der Waals surface area contributed by atoms with Gasteiger partial charge < -0.3 is 5.32 Å². The van der Waals surface area contributed by atoms with Crippen molar-refractivity contribution in [1.82, 2.24) is 10.8 Å². The molecule has 0 saturated carbocycles. The third-order valence-electron chi connectivity index (χ3n) is 0.760. The summed E-state index contributed by atoms with van der Waals surface area (Å²) in [5.74, 6) is -0.510. The molecule has 1 radical (unpaired) electrons. The lowest BCUT2D eigenvalue weighted by Gasteiger charge is -2.00. The maximum atomic E-state index is 10.3. The Morgan fingerprint density at radius 2 is 2.09 bits per heavy atom. The monoisotopic (exact) mass is 159 g/mol. The standard InChI is InChI=1S/C6H11N2O3/c1-5(9)7-3-4-11-8-6(2)10/h3-4H2,1-2H3,(H,7,9). The molecule has 0 bridgehead atoms. The fraction of sp³-hybridized carbons (Fsp3) is 0.667. The van der Waals surface area contributed by atoms with Gasteiger partial charge in [0.25, 0.3) is 5.91 Å². The molecular weight excluding hydrogens is 148 g/mol. The number of carbonyl (C=O) groups excluding carboxylic acids is 2. The predicted molar refractivity (Wildman–Crippen MR) is 37.5 cm³/mol. The van der Waals surface area contributed by atoms with E-state index in [2.05, 4.69) is 15.6 Å². The molecule has 0 aliphatic heterocycles. The van der Waals surface area contributed by atoms with Gasteiger partial charge in [-0.05, 0) is 0 Å². The van der Waals surface area contributed by atoms with Gasteiger partial charge in [-0.3, -0.25) is 9.59 Å². The average molecular weight is 159 g/mol. The van der Waals surface area contributed by atoms with Crippen molar-refractivity contribution in [2.24, 2.45) is 0 Å². The Bertz CT molecular complexity index is 131. The van der Waals surface area contributed by atoms with E-state index in [0.29, 0.717) is 6.54 Å². The molecule has 0 spiro atoms. The second kappa shape index (κ2) is 5.67. The van der Waals surface area contributed by atoms with Crippen LogP contribution in [0.2, 0.25) is 0 Å². The number of nitrogens with zero attached hydrogens (tertiary/aromatic N) is 1. The van der Waals surface area contributed by atoms with E-state index in [1.807, 2.05) is 0 Å². The maximum absolute atomic E-state index is 10.3. The summed E-state index contributed by atoms with van der Waals surface area (Å²) in [5.41, 5.74) is 3.13. The van der Waals surface area contributed by atoms with Gasteiger partial charge in [0, 0.05) is 20.4 Å². The SMILES string of the molecule is CC(=O)[N]OCCNC(C)=O. The lowest BCUT2D eigenvalue weighted by molar-refractivity contribution is -0.132. The molecule has 0 fully saturated rings. The van der Waals surface area contributed by atoms with Crippen molar-refractivity contribution in [1.29, 1.82) is 0 Å². The van der Waals surface area contributed by atoms with Crippen molar-refractivity contribution in [2.75, 3.05) is 13.2 Å². The summed E-state index contributed by atoms with van der Waals surface area (Å²) in [6.07, 6.45) is 0. The first-order valence-electron chi connectivity index (χ1n) is 3.21. The molecule has 0 saturated heterocycles. The van der Waals surface area contributed by atoms with E-state index in [0.717, 1.165) is 0 Å². The van der Waals surface area contributed by atoms with Crippen LogP contribution in [0.25, 0.3) is 0 Å². The molecule has 11 heavy (non-hydrogen) atoms. The van der Waals surface area contributed by atoms with E-state index >= 15 is 0 Å². The van der Waals surface area contributed by atoms with Gasteiger partial charge in [-0.2, -0.15) is 0 Å². The average Bonchev–Trinajstić information content (AvgIpc) is 1.85. The number of rotatable bonds is 4. The van der Waals surface area contributed by atoms with Crippen molar-refractivity contribution < 1.29 is 14.4 Å². The molecule has 0 atom stereocenters. The Hall–Kier alpha value is -1.10. The third-order valence-corrected chi connectivity index (χ3v) is 0.760. The van der Waals surface area contributed by atoms with E-state index in [4.69, 9.17) is 0 Å². The highest BCUT2D eigenvalue weighted by atomic mass is 16.6. The molecule has 5 nitrogen and oxygen atoms in total. The Balaban J connectivity index is 3.03. The Morgan fingerprint density at radius 3 is 2.55 bits per heavy atom. The highest BCUT2D eigenvalue weighted by Gasteiger charge is 1.94. The van der Waals surface area contributed by atoms with Gasteiger partial charge in [0.2, 0.25) is 5.91 Å². The van der Waals surface area contributed by atoms with Crippen molar-refractivity contribution in [3.05, 3.63) is 0 Å². The number of amides is 2. The fourth-order valence-electron chi connectivity index (χ4n) is 0.409. The van der Waals surface area contributed by atoms with E-state index in [1.54, 1.807) is 0 Å². The molecule has 63 valence electrons. The molecule has 5 heteroatoms. The lowest BCUT2D eigenvalue weighted by Crippen LogP contribution is -2.26. The molecule has 0 heterocycles. The normalized spacial score (nSPS) is 8.91. The van der Waals surface area contributed by atoms with Crippen LogP contribution >= 0.6 is 0 Å². The van der Waals surface area contributed by atoms with Crippen molar-refractivity contribution in [2.45, 2.75) is 13.8 Å². The van der Waals surface area contributed by atoms with Crippen LogP contribution in [0.4, 0.5) is 0 Å². The number of carbonyl (C=O) groups is 2. The molecule has 0 rings (SSSR count). The molecule has 0 unspecified atom stereocenters. The minimum Gasteiger partial charge on any atom is -0.354 e. The first-order valence-corrected chi connectivity index (χ1v) is 3.21. The first kappa shape index (κ1) is 9.90. The smallest absolute Gasteiger partial charge is 0.266 e. The van der Waals surface area contributed by atoms with Crippen molar-refractivity contribution in [3.63, 3.8) is 0 Å². The summed E-state index contributed by atoms with van der Waals surface area (Å²) < 4.78 is 0. The van der Waals surface area contributed by atoms with Crippen LogP contribution in [-0.2, 0) is 14.4 Å². The van der Waals surface area contributed by atoms with Gasteiger partial charge in [-0.25, -0.2) is 4.84 Å². The molecule has 0 aromatic rings. The predicted octanol–water partition coefficient (Wildman–Crippen LogP) is -0.795. The second-order valence-electron chi connectivity index (χ2n) is 1.93. The Labute approximate surface area is 65.1 Å². The van der Waals surface area contributed by atoms with Gasteiger partial charge in [0.05, 0.1) is 6.61 Å². The minimum absolute atomic E-state index is 0.128. The van der Waals surface area contributed by atoms with Gasteiger partial charge in [0.15, 0.2) is 0 Å². The number of hydrogen-bond donors (Lipinski definition) is 1. The second-order valence-corrected chi connectivity index (χ2v) is 1.93. The quantitative estimate of drug-likeness (QED) is 0.431. The highest BCUT2D eigenvalue weighted by molar-refractivity contribution is 5.72. The summed E-state index contributed by atoms with van der Waals surface area (Å²) in [4.78, 5) is 24.9. The van der Waals surface area contributed by atoms with Crippen LogP contribution in [0.3, 0.4) is 0 Å². The largest absolute Gasteiger partial charge is 0.354 e. The molecule has 2 amide bonds. The van der Waals surface area contributed by atoms with E-state index in [9.17, 15) is 9.59 Å². The van der Waals surface area contributed by atoms with Crippen LogP contribution in [0.5, 0.6) is 0 Å². The molecule has 0 aliphatic rings. The molecule has 0 aliphatic carbocycles. The molecule has 0 aromatic carbocycles. The van der Waals surface area contributed by atoms with Crippen LogP contribution in [0, 0.1) is 0 Å². The Kier molecular flexibility index (Phi) is 5.10. The van der Waals surface area contributed by atoms with E-state index in [1.165, 1.54) is 13.8 Å². The minimum atomic E-state index is -0.382. The zero-order chi connectivity index (χ0) is 8.69. The van der Waals surface area contributed by atoms with Gasteiger partial charge in [-0.15, -0.1) is 0 Å². The topological polar surface area (TPSA) is 69.5 Å². The third kappa shape index (κ3) is 8.90. The molecular formula is C6H11N2O3.